The van der Waals surface area contributed by atoms with Gasteiger partial charge in [-0.3, -0.25) is 0 Å². The summed E-state index contributed by atoms with van der Waals surface area (Å²) in [5, 5.41) is 4.17. The highest BCUT2D eigenvalue weighted by molar-refractivity contribution is 7.18. The number of alkyl halides is 3. The zero-order valence-corrected chi connectivity index (χ0v) is 11.7. The predicted octanol–water partition coefficient (Wildman–Crippen LogP) is 3.04. The smallest absolute Gasteiger partial charge is 0.368 e. The molecule has 0 amide bonds. The molecule has 110 valence electrons. The molecule has 3 heterocycles. The predicted molar refractivity (Wildman–Crippen MR) is 73.3 cm³/mol. The van der Waals surface area contributed by atoms with Crippen LogP contribution >= 0.6 is 11.3 Å². The van der Waals surface area contributed by atoms with Crippen molar-refractivity contribution in [1.29, 1.82) is 0 Å². The Morgan fingerprint density at radius 3 is 2.71 bits per heavy atom. The highest BCUT2D eigenvalue weighted by Crippen LogP contribution is 2.31. The molecule has 0 atom stereocenters. The maximum absolute atomic E-state index is 12.6. The lowest BCUT2D eigenvalue weighted by Crippen LogP contribution is -2.08. The van der Waals surface area contributed by atoms with Crippen LogP contribution in [-0.4, -0.2) is 19.7 Å². The maximum atomic E-state index is 12.6. The highest BCUT2D eigenvalue weighted by atomic mass is 32.1. The summed E-state index contributed by atoms with van der Waals surface area (Å²) in [6.45, 7) is 1.98. The van der Waals surface area contributed by atoms with Crippen LogP contribution in [0, 0.1) is 0 Å². The third-order valence-corrected chi connectivity index (χ3v) is 4.06. The number of aromatic nitrogens is 4. The molecule has 0 radical (unpaired) electrons. The number of hydrogen-bond acceptors (Lipinski definition) is 5. The average molecular weight is 313 g/mol. The summed E-state index contributed by atoms with van der Waals surface area (Å²) >= 11 is 1.44. The third kappa shape index (κ3) is 2.44. The fourth-order valence-electron chi connectivity index (χ4n) is 1.91. The van der Waals surface area contributed by atoms with E-state index in [1.54, 1.807) is 0 Å². The molecule has 0 aliphatic rings. The van der Waals surface area contributed by atoms with Crippen LogP contribution in [0.5, 0.6) is 0 Å². The van der Waals surface area contributed by atoms with Gasteiger partial charge in [-0.25, -0.2) is 9.67 Å². The van der Waals surface area contributed by atoms with Crippen LogP contribution in [0.2, 0.25) is 0 Å². The fraction of sp³-hybridized carbons (Fsp3) is 0.250. The number of anilines is 1. The molecule has 0 aliphatic heterocycles. The SMILES string of the molecule is CCc1cc2c(-n3ccc(C(F)(F)F)n3)nc(N)nc2s1. The van der Waals surface area contributed by atoms with E-state index in [-0.39, 0.29) is 11.8 Å². The Morgan fingerprint density at radius 1 is 1.33 bits per heavy atom. The first-order valence-electron chi connectivity index (χ1n) is 6.07. The molecule has 9 heteroatoms. The Morgan fingerprint density at radius 2 is 2.10 bits per heavy atom. The van der Waals surface area contributed by atoms with Gasteiger partial charge in [-0.15, -0.1) is 11.3 Å². The Labute approximate surface area is 121 Å². The number of nitrogens with zero attached hydrogens (tertiary/aromatic N) is 4. The molecule has 0 saturated heterocycles. The molecule has 0 aliphatic carbocycles. The molecule has 0 spiro atoms. The first kappa shape index (κ1) is 13.8. The summed E-state index contributed by atoms with van der Waals surface area (Å²) in [4.78, 5) is 9.82. The van der Waals surface area contributed by atoms with Crippen molar-refractivity contribution in [3.63, 3.8) is 0 Å². The molecule has 0 fully saturated rings. The summed E-state index contributed by atoms with van der Waals surface area (Å²) < 4.78 is 39.0. The monoisotopic (exact) mass is 313 g/mol. The summed E-state index contributed by atoms with van der Waals surface area (Å²) in [7, 11) is 0. The quantitative estimate of drug-likeness (QED) is 0.789. The van der Waals surface area contributed by atoms with Gasteiger partial charge in [-0.05, 0) is 18.6 Å². The molecule has 0 unspecified atom stereocenters. The minimum absolute atomic E-state index is 0.00561. The zero-order chi connectivity index (χ0) is 15.2. The number of thiophene rings is 1. The van der Waals surface area contributed by atoms with Crippen LogP contribution in [0.3, 0.4) is 0 Å². The zero-order valence-electron chi connectivity index (χ0n) is 10.8. The van der Waals surface area contributed by atoms with Crippen LogP contribution in [-0.2, 0) is 12.6 Å². The van der Waals surface area contributed by atoms with Crippen molar-refractivity contribution in [3.8, 4) is 5.82 Å². The lowest BCUT2D eigenvalue weighted by atomic mass is 10.3. The molecule has 3 rings (SSSR count). The molecule has 3 aromatic rings. The second kappa shape index (κ2) is 4.69. The maximum Gasteiger partial charge on any atom is 0.435 e. The minimum atomic E-state index is -4.49. The number of hydrogen-bond donors (Lipinski definition) is 1. The molecule has 0 saturated carbocycles. The van der Waals surface area contributed by atoms with Gasteiger partial charge in [-0.1, -0.05) is 6.92 Å². The van der Waals surface area contributed by atoms with Gasteiger partial charge < -0.3 is 5.73 Å². The van der Waals surface area contributed by atoms with Gasteiger partial charge in [0.25, 0.3) is 0 Å². The van der Waals surface area contributed by atoms with Crippen LogP contribution in [0.25, 0.3) is 16.0 Å². The summed E-state index contributed by atoms with van der Waals surface area (Å²) in [5.74, 6) is 0.259. The van der Waals surface area contributed by atoms with E-state index in [4.69, 9.17) is 5.73 Å². The molecule has 0 aromatic carbocycles. The van der Waals surface area contributed by atoms with Gasteiger partial charge in [-0.2, -0.15) is 23.3 Å². The number of nitrogen functional groups attached to an aromatic ring is 1. The standard InChI is InChI=1S/C12H10F3N5S/c1-2-6-5-7-9(17-11(16)18-10(7)21-6)20-4-3-8(19-20)12(13,14)15/h3-5H,2H2,1H3,(H2,16,17,18). The van der Waals surface area contributed by atoms with E-state index in [9.17, 15) is 13.2 Å². The van der Waals surface area contributed by atoms with E-state index in [1.807, 2.05) is 13.0 Å². The van der Waals surface area contributed by atoms with E-state index >= 15 is 0 Å². The molecule has 5 nitrogen and oxygen atoms in total. The third-order valence-electron chi connectivity index (χ3n) is 2.89. The summed E-state index contributed by atoms with van der Waals surface area (Å²) in [6.07, 6.45) is -2.48. The van der Waals surface area contributed by atoms with Gasteiger partial charge in [0.15, 0.2) is 11.5 Å². The lowest BCUT2D eigenvalue weighted by Gasteiger charge is -2.04. The minimum Gasteiger partial charge on any atom is -0.368 e. The lowest BCUT2D eigenvalue weighted by molar-refractivity contribution is -0.141. The molecule has 3 aromatic heterocycles. The molecular formula is C12H10F3N5S. The van der Waals surface area contributed by atoms with Crippen LogP contribution < -0.4 is 5.73 Å². The van der Waals surface area contributed by atoms with Crippen molar-refractivity contribution >= 4 is 27.5 Å². The van der Waals surface area contributed by atoms with Crippen molar-refractivity contribution < 1.29 is 13.2 Å². The van der Waals surface area contributed by atoms with Crippen molar-refractivity contribution in [3.05, 3.63) is 28.9 Å². The number of fused-ring (bicyclic) bond motifs is 1. The number of rotatable bonds is 2. The van der Waals surface area contributed by atoms with E-state index in [0.29, 0.717) is 10.2 Å². The van der Waals surface area contributed by atoms with E-state index in [1.165, 1.54) is 17.5 Å². The van der Waals surface area contributed by atoms with Crippen LogP contribution in [0.1, 0.15) is 17.5 Å². The summed E-state index contributed by atoms with van der Waals surface area (Å²) in [6, 6.07) is 2.75. The van der Waals surface area contributed by atoms with E-state index in [2.05, 4.69) is 15.1 Å². The van der Waals surface area contributed by atoms with Crippen molar-refractivity contribution in [2.75, 3.05) is 5.73 Å². The van der Waals surface area contributed by atoms with Crippen LogP contribution in [0.15, 0.2) is 18.3 Å². The van der Waals surface area contributed by atoms with Crippen molar-refractivity contribution in [2.45, 2.75) is 19.5 Å². The topological polar surface area (TPSA) is 69.6 Å². The van der Waals surface area contributed by atoms with Crippen molar-refractivity contribution in [1.82, 2.24) is 19.7 Å². The van der Waals surface area contributed by atoms with Crippen molar-refractivity contribution in [2.24, 2.45) is 0 Å². The second-order valence-electron chi connectivity index (χ2n) is 4.33. The molecule has 2 N–H and O–H groups in total. The number of nitrogens with two attached hydrogens (primary N) is 1. The highest BCUT2D eigenvalue weighted by Gasteiger charge is 2.34. The van der Waals surface area contributed by atoms with Gasteiger partial charge in [0.1, 0.15) is 4.83 Å². The van der Waals surface area contributed by atoms with E-state index in [0.717, 1.165) is 22.0 Å². The van der Waals surface area contributed by atoms with Crippen LogP contribution in [0.4, 0.5) is 19.1 Å². The van der Waals surface area contributed by atoms with Gasteiger partial charge >= 0.3 is 6.18 Å². The first-order chi connectivity index (χ1) is 9.88. The Bertz CT molecular complexity index is 805. The van der Waals surface area contributed by atoms with Gasteiger partial charge in [0.2, 0.25) is 5.95 Å². The summed E-state index contributed by atoms with van der Waals surface area (Å²) in [5.41, 5.74) is 4.65. The molecule has 21 heavy (non-hydrogen) atoms. The van der Waals surface area contributed by atoms with Gasteiger partial charge in [0, 0.05) is 11.1 Å². The second-order valence-corrected chi connectivity index (χ2v) is 5.45. The normalized spacial score (nSPS) is 12.2. The molecular weight excluding hydrogens is 303 g/mol. The fourth-order valence-corrected chi connectivity index (χ4v) is 2.88. The first-order valence-corrected chi connectivity index (χ1v) is 6.89. The Hall–Kier alpha value is -2.16. The largest absolute Gasteiger partial charge is 0.435 e. The average Bonchev–Trinajstić information content (AvgIpc) is 3.03. The Balaban J connectivity index is 2.19. The van der Waals surface area contributed by atoms with Gasteiger partial charge in [0.05, 0.1) is 5.39 Å². The van der Waals surface area contributed by atoms with E-state index < -0.39 is 11.9 Å². The number of halogens is 3. The Kier molecular flexibility index (Phi) is 3.08. The number of aryl methyl sites for hydroxylation is 1. The molecule has 0 bridgehead atoms.